The topological polar surface area (TPSA) is 0 Å². The molecule has 0 amide bonds. The fourth-order valence-corrected chi connectivity index (χ4v) is 1.46. The van der Waals surface area contributed by atoms with E-state index in [2.05, 4.69) is 24.5 Å². The first kappa shape index (κ1) is 19.7. The molecule has 0 fully saturated rings. The van der Waals surface area contributed by atoms with Crippen LogP contribution in [0.4, 0.5) is 0 Å². The molecule has 4 heteroatoms. The smallest absolute Gasteiger partial charge is 1.00 e. The summed E-state index contributed by atoms with van der Waals surface area (Å²) in [7, 11) is 0. The van der Waals surface area contributed by atoms with E-state index in [-0.39, 0.29) is 46.5 Å². The van der Waals surface area contributed by atoms with Gasteiger partial charge in [-0.1, -0.05) is 6.42 Å². The van der Waals surface area contributed by atoms with Crippen molar-refractivity contribution in [2.45, 2.75) is 19.3 Å². The van der Waals surface area contributed by atoms with Crippen molar-refractivity contribution in [2.24, 2.45) is 0 Å². The minimum atomic E-state index is 0. The first-order chi connectivity index (χ1) is 4.93. The molecule has 0 N–H and O–H groups in total. The van der Waals surface area contributed by atoms with Crippen LogP contribution in [0.25, 0.3) is 0 Å². The molecule has 1 aliphatic rings. The summed E-state index contributed by atoms with van der Waals surface area (Å²) in [4.78, 5) is 0. The van der Waals surface area contributed by atoms with Crippen molar-refractivity contribution in [1.82, 2.24) is 0 Å². The van der Waals surface area contributed by atoms with Crippen LogP contribution in [0.2, 0.25) is 0 Å². The summed E-state index contributed by atoms with van der Waals surface area (Å²) in [5.41, 5.74) is 1.41. The summed E-state index contributed by atoms with van der Waals surface area (Å²) in [5, 5.41) is 0. The van der Waals surface area contributed by atoms with Gasteiger partial charge in [-0.3, -0.25) is 6.08 Å². The summed E-state index contributed by atoms with van der Waals surface area (Å²) in [5.74, 6) is 1.28. The van der Waals surface area contributed by atoms with E-state index in [1.165, 1.54) is 24.2 Å². The Labute approximate surface area is 113 Å². The van der Waals surface area contributed by atoms with Gasteiger partial charge in [0.1, 0.15) is 0 Å². The Balaban J connectivity index is -0.000000333. The van der Waals surface area contributed by atoms with Crippen molar-refractivity contribution in [1.29, 1.82) is 0 Å². The predicted molar refractivity (Wildman–Crippen MR) is 48.1 cm³/mol. The van der Waals surface area contributed by atoms with E-state index in [1.54, 1.807) is 0 Å². The third-order valence-electron chi connectivity index (χ3n) is 1.56. The monoisotopic (exact) mass is 271 g/mol. The standard InChI is InChI=1S/C9H13S.2ClH.Ti/c1-10-8-4-7-9-5-2-3-6-9;;;/h2,5H,3-4,7-8H2,1H3;2*1H;/q-1;;;+3/p-2. The van der Waals surface area contributed by atoms with Crippen LogP contribution >= 0.6 is 11.8 Å². The molecule has 1 aliphatic carbocycles. The molecule has 0 spiro atoms. The van der Waals surface area contributed by atoms with Gasteiger partial charge in [-0.25, -0.2) is 11.6 Å². The third-order valence-corrected chi connectivity index (χ3v) is 2.26. The minimum absolute atomic E-state index is 0. The van der Waals surface area contributed by atoms with Gasteiger partial charge in [0, 0.05) is 0 Å². The fraction of sp³-hybridized carbons (Fsp3) is 0.556. The second-order valence-electron chi connectivity index (χ2n) is 2.40. The zero-order valence-electron chi connectivity index (χ0n) is 7.65. The molecular weight excluding hydrogens is 259 g/mol. The summed E-state index contributed by atoms with van der Waals surface area (Å²) in [6.45, 7) is 0. The molecule has 0 aliphatic heterocycles. The van der Waals surface area contributed by atoms with Crippen LogP contribution in [0.1, 0.15) is 19.3 Å². The van der Waals surface area contributed by atoms with E-state index in [1.807, 2.05) is 11.8 Å². The van der Waals surface area contributed by atoms with Crippen molar-refractivity contribution >= 4 is 11.8 Å². The first-order valence-electron chi connectivity index (χ1n) is 3.68. The molecule has 0 unspecified atom stereocenters. The Bertz CT molecular complexity index is 158. The maximum Gasteiger partial charge on any atom is 3.00 e. The van der Waals surface area contributed by atoms with Crippen LogP contribution in [0, 0.1) is 6.08 Å². The number of rotatable bonds is 4. The van der Waals surface area contributed by atoms with Crippen LogP contribution < -0.4 is 24.8 Å². The number of hydrogen-bond acceptors (Lipinski definition) is 1. The van der Waals surface area contributed by atoms with Crippen LogP contribution in [0.3, 0.4) is 0 Å². The van der Waals surface area contributed by atoms with Crippen LogP contribution in [-0.2, 0) is 21.7 Å². The summed E-state index contributed by atoms with van der Waals surface area (Å²) < 4.78 is 0. The van der Waals surface area contributed by atoms with Gasteiger partial charge in [0.25, 0.3) is 0 Å². The Kier molecular flexibility index (Phi) is 19.8. The van der Waals surface area contributed by atoms with Crippen molar-refractivity contribution in [3.63, 3.8) is 0 Å². The quantitative estimate of drug-likeness (QED) is 0.295. The molecule has 0 saturated heterocycles. The predicted octanol–water partition coefficient (Wildman–Crippen LogP) is -3.18. The van der Waals surface area contributed by atoms with Crippen molar-refractivity contribution in [3.05, 3.63) is 23.8 Å². The Morgan fingerprint density at radius 2 is 2.15 bits per heavy atom. The zero-order valence-corrected chi connectivity index (χ0v) is 11.5. The molecule has 13 heavy (non-hydrogen) atoms. The second-order valence-corrected chi connectivity index (χ2v) is 3.39. The van der Waals surface area contributed by atoms with Crippen LogP contribution in [-0.4, -0.2) is 12.0 Å². The summed E-state index contributed by atoms with van der Waals surface area (Å²) in [6.07, 6.45) is 13.4. The molecule has 0 atom stereocenters. The largest absolute Gasteiger partial charge is 3.00 e. The zero-order chi connectivity index (χ0) is 7.23. The van der Waals surface area contributed by atoms with Gasteiger partial charge in [-0.15, -0.1) is 6.42 Å². The van der Waals surface area contributed by atoms with E-state index in [0.717, 1.165) is 6.42 Å². The van der Waals surface area contributed by atoms with Crippen LogP contribution in [0.5, 0.6) is 0 Å². The fourth-order valence-electron chi connectivity index (χ4n) is 1.03. The molecule has 73 valence electrons. The molecule has 0 aromatic carbocycles. The van der Waals surface area contributed by atoms with Gasteiger partial charge >= 0.3 is 21.7 Å². The van der Waals surface area contributed by atoms with Gasteiger partial charge in [-0.2, -0.15) is 17.8 Å². The Morgan fingerprint density at radius 3 is 2.62 bits per heavy atom. The molecule has 0 nitrogen and oxygen atoms in total. The molecule has 0 aromatic rings. The number of thioether (sulfide) groups is 1. The van der Waals surface area contributed by atoms with E-state index < -0.39 is 0 Å². The molecule has 1 radical (unpaired) electrons. The van der Waals surface area contributed by atoms with E-state index in [4.69, 9.17) is 0 Å². The third kappa shape index (κ3) is 9.43. The molecule has 0 saturated carbocycles. The Morgan fingerprint density at radius 1 is 1.46 bits per heavy atom. The molecule has 0 heterocycles. The summed E-state index contributed by atoms with van der Waals surface area (Å²) in [6, 6.07) is 0. The van der Waals surface area contributed by atoms with Gasteiger partial charge in [0.05, 0.1) is 0 Å². The average Bonchev–Trinajstić information content (AvgIpc) is 2.41. The van der Waals surface area contributed by atoms with Crippen molar-refractivity contribution in [2.75, 3.05) is 12.0 Å². The molecular formula is C9H13Cl2STi. The van der Waals surface area contributed by atoms with E-state index in [9.17, 15) is 0 Å². The minimum Gasteiger partial charge on any atom is -1.00 e. The van der Waals surface area contributed by atoms with Crippen molar-refractivity contribution < 1.29 is 46.5 Å². The maximum absolute atomic E-state index is 3.31. The van der Waals surface area contributed by atoms with Crippen molar-refractivity contribution in [3.8, 4) is 0 Å². The number of allylic oxidation sites excluding steroid dienone is 4. The van der Waals surface area contributed by atoms with E-state index in [0.29, 0.717) is 0 Å². The Hall–Kier alpha value is 1.12. The van der Waals surface area contributed by atoms with Gasteiger partial charge in [0.2, 0.25) is 0 Å². The number of hydrogen-bond donors (Lipinski definition) is 0. The van der Waals surface area contributed by atoms with Crippen LogP contribution in [0.15, 0.2) is 17.7 Å². The van der Waals surface area contributed by atoms with Gasteiger partial charge in [0.15, 0.2) is 0 Å². The maximum atomic E-state index is 3.31. The average molecular weight is 272 g/mol. The van der Waals surface area contributed by atoms with Gasteiger partial charge in [-0.05, 0) is 18.4 Å². The molecule has 0 bridgehead atoms. The normalized spacial score (nSPS) is 12.2. The molecule has 0 aromatic heterocycles. The van der Waals surface area contributed by atoms with Gasteiger partial charge < -0.3 is 24.8 Å². The molecule has 1 rings (SSSR count). The summed E-state index contributed by atoms with van der Waals surface area (Å²) >= 11 is 1.92. The SMILES string of the molecule is CSCCCC1=[C-]CC=C1.[Cl-].[Cl-].[Ti+3]. The number of halogens is 2. The second kappa shape index (κ2) is 13.1. The van der Waals surface area contributed by atoms with E-state index >= 15 is 0 Å². The first-order valence-corrected chi connectivity index (χ1v) is 5.08.